The van der Waals surface area contributed by atoms with E-state index in [0.717, 1.165) is 81.7 Å². The predicted molar refractivity (Wildman–Crippen MR) is 266 cm³/mol. The van der Waals surface area contributed by atoms with E-state index in [-0.39, 0.29) is 54.4 Å². The maximum atomic E-state index is 14.8. The van der Waals surface area contributed by atoms with Gasteiger partial charge in [0.2, 0.25) is 11.8 Å². The van der Waals surface area contributed by atoms with Crippen LogP contribution in [0.4, 0.5) is 0 Å². The summed E-state index contributed by atoms with van der Waals surface area (Å²) in [4.78, 5) is 73.2. The van der Waals surface area contributed by atoms with Crippen LogP contribution in [0.2, 0.25) is 0 Å². The van der Waals surface area contributed by atoms with E-state index in [4.69, 9.17) is 14.5 Å². The van der Waals surface area contributed by atoms with Crippen LogP contribution in [-0.2, 0) is 48.0 Å². The highest BCUT2D eigenvalue weighted by molar-refractivity contribution is 5.96. The third-order valence-corrected chi connectivity index (χ3v) is 15.6. The minimum atomic E-state index is -1.01. The fraction of sp³-hybridized carbons (Fsp3) is 0.564. The molecule has 10 rings (SSSR count). The van der Waals surface area contributed by atoms with Crippen molar-refractivity contribution in [3.63, 3.8) is 0 Å². The molecule has 4 heterocycles. The first-order valence-corrected chi connectivity index (χ1v) is 25.3. The van der Waals surface area contributed by atoms with Crippen LogP contribution in [-0.4, -0.2) is 106 Å². The molecule has 8 bridgehead atoms. The Balaban J connectivity index is 1.04. The van der Waals surface area contributed by atoms with Gasteiger partial charge < -0.3 is 24.3 Å². The van der Waals surface area contributed by atoms with Crippen LogP contribution < -0.4 is 10.7 Å². The molecular formula is C55H70N8O6. The number of ether oxygens (including phenoxy) is 2. The number of aliphatic imine (C=N–C) groups is 2. The molecule has 0 spiro atoms. The van der Waals surface area contributed by atoms with Gasteiger partial charge in [-0.1, -0.05) is 58.0 Å². The molecule has 14 nitrogen and oxygen atoms in total. The number of pyridine rings is 1. The van der Waals surface area contributed by atoms with Gasteiger partial charge in [-0.05, 0) is 130 Å². The number of amides is 3. The quantitative estimate of drug-likeness (QED) is 0.113. The number of hydrogen-bond donors (Lipinski definition) is 2. The number of fused-ring (bicyclic) bond motifs is 6. The number of hydrogen-bond acceptors (Lipinski definition) is 10. The minimum Gasteiger partial charge on any atom is -0.464 e. The fourth-order valence-electron chi connectivity index (χ4n) is 11.7. The Morgan fingerprint density at radius 3 is 2.55 bits per heavy atom. The van der Waals surface area contributed by atoms with Crippen molar-refractivity contribution in [3.8, 4) is 22.4 Å². The molecule has 366 valence electrons. The van der Waals surface area contributed by atoms with Gasteiger partial charge in [0.1, 0.15) is 18.1 Å². The van der Waals surface area contributed by atoms with Gasteiger partial charge >= 0.3 is 5.97 Å². The van der Waals surface area contributed by atoms with Crippen LogP contribution in [0.5, 0.6) is 0 Å². The molecule has 4 saturated carbocycles. The molecule has 0 radical (unpaired) electrons. The van der Waals surface area contributed by atoms with Crippen LogP contribution in [0.3, 0.4) is 0 Å². The Kier molecular flexibility index (Phi) is 13.7. The maximum Gasteiger partial charge on any atom is 0.324 e. The molecule has 69 heavy (non-hydrogen) atoms. The smallest absolute Gasteiger partial charge is 0.324 e. The van der Waals surface area contributed by atoms with Gasteiger partial charge in [-0.3, -0.25) is 29.2 Å². The van der Waals surface area contributed by atoms with Gasteiger partial charge in [0.05, 0.1) is 41.7 Å². The van der Waals surface area contributed by atoms with E-state index in [1.807, 2.05) is 39.0 Å². The number of hydrazine groups is 1. The van der Waals surface area contributed by atoms with Crippen molar-refractivity contribution in [2.45, 2.75) is 148 Å². The Hall–Kier alpha value is -5.69. The lowest BCUT2D eigenvalue weighted by Crippen LogP contribution is -2.62. The summed E-state index contributed by atoms with van der Waals surface area (Å²) in [5.74, 6) is -0.997. The molecule has 6 atom stereocenters. The first-order chi connectivity index (χ1) is 33.1. The van der Waals surface area contributed by atoms with E-state index in [1.165, 1.54) is 5.01 Å². The number of nitrogens with zero attached hydrogens (tertiary/aromatic N) is 6. The summed E-state index contributed by atoms with van der Waals surface area (Å²) in [5.41, 5.74) is 10.7. The first-order valence-electron chi connectivity index (χ1n) is 25.3. The zero-order chi connectivity index (χ0) is 48.8. The lowest BCUT2D eigenvalue weighted by Gasteiger charge is -2.58. The summed E-state index contributed by atoms with van der Waals surface area (Å²) in [6.07, 6.45) is 8.86. The van der Waals surface area contributed by atoms with Gasteiger partial charge in [-0.2, -0.15) is 0 Å². The summed E-state index contributed by atoms with van der Waals surface area (Å²) in [6, 6.07) is 19.1. The second kappa shape index (κ2) is 19.6. The van der Waals surface area contributed by atoms with Gasteiger partial charge in [-0.25, -0.2) is 15.4 Å². The number of benzene rings is 2. The van der Waals surface area contributed by atoms with E-state index in [9.17, 15) is 19.2 Å². The van der Waals surface area contributed by atoms with E-state index < -0.39 is 35.4 Å². The van der Waals surface area contributed by atoms with Gasteiger partial charge in [-0.15, -0.1) is 0 Å². The van der Waals surface area contributed by atoms with Crippen molar-refractivity contribution in [2.24, 2.45) is 33.2 Å². The van der Waals surface area contributed by atoms with Gasteiger partial charge in [0.25, 0.3) is 5.91 Å². The first kappa shape index (κ1) is 48.3. The van der Waals surface area contributed by atoms with Crippen molar-refractivity contribution in [1.82, 2.24) is 30.2 Å². The molecule has 0 unspecified atom stereocenters. The average molecular weight is 939 g/mol. The van der Waals surface area contributed by atoms with E-state index in [0.29, 0.717) is 45.2 Å². The summed E-state index contributed by atoms with van der Waals surface area (Å²) in [7, 11) is 3.39. The summed E-state index contributed by atoms with van der Waals surface area (Å²) >= 11 is 0. The molecule has 4 aliphatic carbocycles. The number of carbonyl (C=O) groups is 4. The topological polar surface area (TPSA) is 160 Å². The Labute approximate surface area is 406 Å². The van der Waals surface area contributed by atoms with Gasteiger partial charge in [0.15, 0.2) is 0 Å². The maximum absolute atomic E-state index is 14.8. The normalized spacial score (nSPS) is 26.2. The van der Waals surface area contributed by atoms with Crippen molar-refractivity contribution in [2.75, 3.05) is 27.3 Å². The summed E-state index contributed by atoms with van der Waals surface area (Å²) in [6.45, 7) is 13.5. The Bertz CT molecular complexity index is 2670. The third kappa shape index (κ3) is 9.77. The number of esters is 1. The van der Waals surface area contributed by atoms with Crippen LogP contribution in [0.25, 0.3) is 33.3 Å². The summed E-state index contributed by atoms with van der Waals surface area (Å²) < 4.78 is 14.3. The molecule has 4 aromatic rings. The minimum absolute atomic E-state index is 0.0242. The Morgan fingerprint density at radius 2 is 1.83 bits per heavy atom. The van der Waals surface area contributed by atoms with E-state index >= 15 is 0 Å². The fourth-order valence-corrected chi connectivity index (χ4v) is 11.7. The van der Waals surface area contributed by atoms with Crippen LogP contribution in [0.15, 0.2) is 70.8 Å². The molecule has 6 aliphatic rings. The third-order valence-electron chi connectivity index (χ3n) is 15.6. The molecule has 3 amide bonds. The van der Waals surface area contributed by atoms with Crippen LogP contribution in [0.1, 0.15) is 116 Å². The highest BCUT2D eigenvalue weighted by Crippen LogP contribution is 2.59. The molecule has 2 aliphatic heterocycles. The van der Waals surface area contributed by atoms with Crippen LogP contribution >= 0.6 is 0 Å². The van der Waals surface area contributed by atoms with Crippen molar-refractivity contribution in [3.05, 3.63) is 77.6 Å². The number of nitrogens with one attached hydrogen (secondary N) is 2. The zero-order valence-corrected chi connectivity index (χ0v) is 41.7. The monoisotopic (exact) mass is 939 g/mol. The van der Waals surface area contributed by atoms with Crippen molar-refractivity contribution in [1.29, 1.82) is 0 Å². The lowest BCUT2D eigenvalue weighted by atomic mass is 9.50. The largest absolute Gasteiger partial charge is 0.464 e. The molecule has 2 aromatic heterocycles. The molecule has 2 aromatic carbocycles. The van der Waals surface area contributed by atoms with E-state index in [1.54, 1.807) is 25.3 Å². The zero-order valence-electron chi connectivity index (χ0n) is 41.7. The average Bonchev–Trinajstić information content (AvgIpc) is 3.91. The Morgan fingerprint density at radius 1 is 1.04 bits per heavy atom. The second-order valence-electron chi connectivity index (χ2n) is 21.7. The second-order valence-corrected chi connectivity index (χ2v) is 21.7. The molecule has 2 N–H and O–H groups in total. The number of carbonyl (C=O) groups excluding carboxylic acids is 4. The lowest BCUT2D eigenvalue weighted by molar-refractivity contribution is -0.155. The van der Waals surface area contributed by atoms with Crippen molar-refractivity contribution >= 4 is 40.6 Å². The number of rotatable bonds is 11. The number of cyclic esters (lactones) is 1. The predicted octanol–water partition coefficient (Wildman–Crippen LogP) is 8.12. The number of aryl methyl sites for hydroxylation is 1. The number of methoxy groups -OCH3 is 1. The van der Waals surface area contributed by atoms with Crippen LogP contribution in [0, 0.1) is 23.2 Å². The van der Waals surface area contributed by atoms with Crippen molar-refractivity contribution < 1.29 is 28.7 Å². The molecule has 14 heteroatoms. The number of aromatic nitrogens is 2. The number of likely N-dealkylation sites (N-methyl/N-ethyl adjacent to an activating group) is 1. The molecular weight excluding hydrogens is 869 g/mol. The standard InChI is InChI=1S/C55H70N8O6/c1-9-62-46-20-18-38-26-42(46)43(49(62)41-15-11-21-56-47(41)34(4)68-8)30-54(5,6)31-69-53(67)44-16-12-22-63(60-44)52(66)45(24-35-13-10-14-37(38)23-35)59-50(64)48(33(2)3)61(7)51(65)39-17-19-40(25-39)57-32-58-55-27-36(28-55)29-55/h10-11,13-15,18,20-21,23,26,33-34,36,39-40,44-45,48,60H,9,12,16-17,19,22,24-25,27-31H2,1-8H3,(H,59,64)/t34-,36?,39-,40-,44-,45-,48-,55?/m0/s1. The highest BCUT2D eigenvalue weighted by Gasteiger charge is 2.57. The SMILES string of the molecule is CCn1c(-c2cccnc2[C@H](C)OC)c2c3cc(ccc31)-c1cccc(c1)C[C@H](NC(=O)[C@H](C(C)C)N(C)C(=O)[C@H]1CC[C@H](N=C=NC34CC(C3)C4)C1)C(=O)N1CCC[C@H](N1)C(=O)OCC(C)(C)C2. The highest BCUT2D eigenvalue weighted by atomic mass is 16.5. The van der Waals surface area contributed by atoms with Gasteiger partial charge in [0, 0.05) is 67.7 Å². The molecule has 5 fully saturated rings. The molecule has 1 saturated heterocycles. The summed E-state index contributed by atoms with van der Waals surface area (Å²) in [5, 5.41) is 5.69. The van der Waals surface area contributed by atoms with E-state index in [2.05, 4.69) is 88.5 Å².